The molecule has 0 aromatic carbocycles. The van der Waals surface area contributed by atoms with Gasteiger partial charge in [0.2, 0.25) is 0 Å². The van der Waals surface area contributed by atoms with E-state index >= 15 is 0 Å². The Balaban J connectivity index is 2.93. The molecule has 0 radical (unpaired) electrons. The lowest BCUT2D eigenvalue weighted by molar-refractivity contribution is 0.501. The van der Waals surface area contributed by atoms with Gasteiger partial charge in [0.15, 0.2) is 6.16 Å². The fourth-order valence-corrected chi connectivity index (χ4v) is 0.824. The van der Waals surface area contributed by atoms with Gasteiger partial charge in [-0.15, -0.1) is 6.58 Å². The minimum Gasteiger partial charge on any atom is -0.161 e. The third kappa shape index (κ3) is 5.80. The van der Waals surface area contributed by atoms with E-state index in [9.17, 15) is 4.57 Å². The van der Waals surface area contributed by atoms with Gasteiger partial charge in [0, 0.05) is 0 Å². The molecule has 8 heavy (non-hydrogen) atoms. The molecule has 0 aliphatic rings. The molecule has 0 saturated heterocycles. The molecule has 0 aromatic heterocycles. The van der Waals surface area contributed by atoms with Crippen molar-refractivity contribution < 1.29 is 9.46 Å². The van der Waals surface area contributed by atoms with Crippen molar-refractivity contribution in [1.29, 1.82) is 0 Å². The van der Waals surface area contributed by atoms with Gasteiger partial charge in [0.25, 0.3) is 0 Å². The van der Waals surface area contributed by atoms with Crippen LogP contribution in [0.25, 0.3) is 0 Å². The zero-order chi connectivity index (χ0) is 6.41. The van der Waals surface area contributed by atoms with E-state index in [1.807, 2.05) is 0 Å². The summed E-state index contributed by atoms with van der Waals surface area (Å²) in [4.78, 5) is 8.25. The molecule has 0 rings (SSSR count). The number of hydrogen-bond donors (Lipinski definition) is 1. The van der Waals surface area contributed by atoms with Gasteiger partial charge in [-0.25, -0.2) is 0 Å². The van der Waals surface area contributed by atoms with Gasteiger partial charge in [-0.3, -0.25) is 0 Å². The number of unbranched alkanes of at least 4 members (excludes halogenated alkanes) is 1. The molecule has 0 saturated carbocycles. The Hall–Kier alpha value is -0.200. The topological polar surface area (TPSA) is 37.3 Å². The largest absolute Gasteiger partial charge is 0.505 e. The normalized spacial score (nSPS) is 10.9. The Bertz CT molecular complexity index is 90.4. The van der Waals surface area contributed by atoms with E-state index in [-0.39, 0.29) is 0 Å². The third-order valence-electron chi connectivity index (χ3n) is 0.758. The minimum absolute atomic E-state index is 0.404. The first-order valence-electron chi connectivity index (χ1n) is 2.52. The first-order chi connectivity index (χ1) is 3.77. The molecule has 0 aliphatic carbocycles. The second-order valence-electron chi connectivity index (χ2n) is 1.51. The van der Waals surface area contributed by atoms with E-state index in [4.69, 9.17) is 4.89 Å². The summed E-state index contributed by atoms with van der Waals surface area (Å²) in [6, 6.07) is 0. The van der Waals surface area contributed by atoms with Crippen LogP contribution < -0.4 is 0 Å². The van der Waals surface area contributed by atoms with Gasteiger partial charge in [-0.2, -0.15) is 4.89 Å². The summed E-state index contributed by atoms with van der Waals surface area (Å²) in [5.74, 6) is 0. The van der Waals surface area contributed by atoms with Gasteiger partial charge < -0.3 is 0 Å². The van der Waals surface area contributed by atoms with Gasteiger partial charge in [0.05, 0.1) is 0 Å². The van der Waals surface area contributed by atoms with Crippen molar-refractivity contribution in [3.8, 4) is 0 Å². The van der Waals surface area contributed by atoms with Crippen LogP contribution in [0.2, 0.25) is 0 Å². The van der Waals surface area contributed by atoms with Gasteiger partial charge in [0.1, 0.15) is 0 Å². The number of hydrogen-bond acceptors (Lipinski definition) is 1. The summed E-state index contributed by atoms with van der Waals surface area (Å²) in [6.07, 6.45) is 3.76. The molecule has 46 valence electrons. The summed E-state index contributed by atoms with van der Waals surface area (Å²) < 4.78 is 9.99. The predicted molar refractivity (Wildman–Crippen MR) is 34.1 cm³/mol. The Labute approximate surface area is 50.1 Å². The molecule has 0 spiro atoms. The molecule has 1 N–H and O–H groups in total. The molecule has 0 aliphatic heterocycles. The molecule has 1 atom stereocenters. The molecule has 0 fully saturated rings. The van der Waals surface area contributed by atoms with Gasteiger partial charge >= 0.3 is 8.03 Å². The van der Waals surface area contributed by atoms with E-state index in [0.29, 0.717) is 6.16 Å². The van der Waals surface area contributed by atoms with Crippen molar-refractivity contribution in [3.63, 3.8) is 0 Å². The zero-order valence-electron chi connectivity index (χ0n) is 4.71. The molecule has 3 heteroatoms. The van der Waals surface area contributed by atoms with E-state index < -0.39 is 8.03 Å². The lowest BCUT2D eigenvalue weighted by atomic mass is 10.3. The van der Waals surface area contributed by atoms with Crippen LogP contribution in [0, 0.1) is 0 Å². The van der Waals surface area contributed by atoms with E-state index in [2.05, 4.69) is 6.58 Å². The summed E-state index contributed by atoms with van der Waals surface area (Å²) in [6.45, 7) is 3.48. The maximum atomic E-state index is 9.99. The van der Waals surface area contributed by atoms with Crippen LogP contribution in [0.1, 0.15) is 12.8 Å². The average Bonchev–Trinajstić information content (AvgIpc) is 1.66. The Morgan fingerprint density at radius 1 is 1.75 bits per heavy atom. The van der Waals surface area contributed by atoms with Crippen molar-refractivity contribution in [1.82, 2.24) is 0 Å². The fraction of sp³-hybridized carbons (Fsp3) is 0.600. The van der Waals surface area contributed by atoms with Crippen LogP contribution in [0.15, 0.2) is 12.7 Å². The number of rotatable bonds is 4. The van der Waals surface area contributed by atoms with Crippen molar-refractivity contribution in [2.45, 2.75) is 12.8 Å². The maximum absolute atomic E-state index is 9.99. The Morgan fingerprint density at radius 2 is 2.38 bits per heavy atom. The van der Waals surface area contributed by atoms with Crippen molar-refractivity contribution in [2.75, 3.05) is 6.16 Å². The van der Waals surface area contributed by atoms with Crippen LogP contribution in [0.3, 0.4) is 0 Å². The quantitative estimate of drug-likeness (QED) is 0.360. The third-order valence-corrected chi connectivity index (χ3v) is 1.46. The Kier molecular flexibility index (Phi) is 4.82. The fourth-order valence-electron chi connectivity index (χ4n) is 0.371. The van der Waals surface area contributed by atoms with Crippen molar-refractivity contribution in [2.24, 2.45) is 0 Å². The van der Waals surface area contributed by atoms with Crippen LogP contribution >= 0.6 is 8.03 Å². The van der Waals surface area contributed by atoms with E-state index in [1.54, 1.807) is 6.08 Å². The van der Waals surface area contributed by atoms with Crippen molar-refractivity contribution in [3.05, 3.63) is 12.7 Å². The summed E-state index contributed by atoms with van der Waals surface area (Å²) >= 11 is 0. The highest BCUT2D eigenvalue weighted by molar-refractivity contribution is 7.37. The van der Waals surface area contributed by atoms with Crippen LogP contribution in [0.4, 0.5) is 0 Å². The van der Waals surface area contributed by atoms with Crippen LogP contribution in [0.5, 0.6) is 0 Å². The molecule has 2 nitrogen and oxygen atoms in total. The second kappa shape index (κ2) is 4.95. The molecule has 0 bridgehead atoms. The SMILES string of the molecule is C=CCCC[P+](=O)O. The highest BCUT2D eigenvalue weighted by Gasteiger charge is 2.06. The lowest BCUT2D eigenvalue weighted by Gasteiger charge is -1.78. The monoisotopic (exact) mass is 133 g/mol. The smallest absolute Gasteiger partial charge is 0.161 e. The minimum atomic E-state index is -1.91. The zero-order valence-corrected chi connectivity index (χ0v) is 5.60. The number of allylic oxidation sites excluding steroid dienone is 1. The van der Waals surface area contributed by atoms with E-state index in [0.717, 1.165) is 12.8 Å². The lowest BCUT2D eigenvalue weighted by Crippen LogP contribution is -1.74. The molecule has 0 heterocycles. The average molecular weight is 133 g/mol. The summed E-state index contributed by atoms with van der Waals surface area (Å²) in [5, 5.41) is 0. The van der Waals surface area contributed by atoms with Crippen molar-refractivity contribution >= 4 is 8.03 Å². The van der Waals surface area contributed by atoms with Gasteiger partial charge in [-0.05, 0) is 17.4 Å². The van der Waals surface area contributed by atoms with Crippen LogP contribution in [-0.2, 0) is 4.57 Å². The molecule has 0 aromatic rings. The molecule has 0 amide bonds. The summed E-state index contributed by atoms with van der Waals surface area (Å²) in [7, 11) is -1.91. The highest BCUT2D eigenvalue weighted by atomic mass is 31.1. The standard InChI is InChI=1S/C5H9O2P/c1-2-3-4-5-8(6)7/h2H,1,3-5H2/p+1. The molecular formula is C5H10O2P+. The predicted octanol–water partition coefficient (Wildman–Crippen LogP) is 1.69. The van der Waals surface area contributed by atoms with E-state index in [1.165, 1.54) is 0 Å². The first kappa shape index (κ1) is 7.80. The van der Waals surface area contributed by atoms with Crippen LogP contribution in [-0.4, -0.2) is 11.1 Å². The molecule has 1 unspecified atom stereocenters. The Morgan fingerprint density at radius 3 is 2.75 bits per heavy atom. The van der Waals surface area contributed by atoms with Gasteiger partial charge in [-0.1, -0.05) is 6.08 Å². The maximum Gasteiger partial charge on any atom is 0.505 e. The summed E-state index contributed by atoms with van der Waals surface area (Å²) in [5.41, 5.74) is 0. The molecular weight excluding hydrogens is 123 g/mol. The first-order valence-corrected chi connectivity index (χ1v) is 3.91. The second-order valence-corrected chi connectivity index (χ2v) is 2.66. The highest BCUT2D eigenvalue weighted by Crippen LogP contribution is 2.14.